The predicted molar refractivity (Wildman–Crippen MR) is 123 cm³/mol. The minimum Gasteiger partial charge on any atom is -0.373 e. The Morgan fingerprint density at radius 2 is 1.76 bits per heavy atom. The molecule has 2 aromatic carbocycles. The molecular formula is C26H25F4N3O. The molecule has 0 unspecified atom stereocenters. The number of alkyl halides is 3. The van der Waals surface area contributed by atoms with Gasteiger partial charge in [-0.2, -0.15) is 13.2 Å². The van der Waals surface area contributed by atoms with Crippen LogP contribution in [0.1, 0.15) is 17.5 Å². The highest BCUT2D eigenvalue weighted by atomic mass is 19.4. The van der Waals surface area contributed by atoms with E-state index >= 15 is 0 Å². The van der Waals surface area contributed by atoms with Crippen LogP contribution in [0.3, 0.4) is 0 Å². The van der Waals surface area contributed by atoms with E-state index in [2.05, 4.69) is 15.2 Å². The number of benzene rings is 2. The summed E-state index contributed by atoms with van der Waals surface area (Å²) in [5.41, 5.74) is 3.64. The molecule has 3 heterocycles. The predicted octanol–water partition coefficient (Wildman–Crippen LogP) is 5.45. The van der Waals surface area contributed by atoms with Crippen molar-refractivity contribution in [2.45, 2.75) is 31.7 Å². The molecule has 0 radical (unpaired) electrons. The van der Waals surface area contributed by atoms with E-state index < -0.39 is 11.7 Å². The monoisotopic (exact) mass is 471 g/mol. The first kappa shape index (κ1) is 22.8. The van der Waals surface area contributed by atoms with E-state index in [1.54, 1.807) is 12.4 Å². The number of halogens is 4. The van der Waals surface area contributed by atoms with Crippen LogP contribution >= 0.6 is 0 Å². The zero-order valence-corrected chi connectivity index (χ0v) is 18.7. The molecule has 8 heteroatoms. The average molecular weight is 471 g/mol. The minimum absolute atomic E-state index is 0.00165. The summed E-state index contributed by atoms with van der Waals surface area (Å²) in [5, 5.41) is 3.50. The molecule has 2 saturated heterocycles. The van der Waals surface area contributed by atoms with Gasteiger partial charge in [0.05, 0.1) is 24.0 Å². The molecule has 0 saturated carbocycles. The first-order valence-corrected chi connectivity index (χ1v) is 11.3. The Bertz CT molecular complexity index is 1160. The van der Waals surface area contributed by atoms with Crippen LogP contribution in [-0.2, 0) is 10.9 Å². The maximum Gasteiger partial charge on any atom is 0.416 e. The van der Waals surface area contributed by atoms with E-state index in [0.717, 1.165) is 48.5 Å². The van der Waals surface area contributed by atoms with Crippen molar-refractivity contribution in [1.29, 1.82) is 0 Å². The van der Waals surface area contributed by atoms with Crippen molar-refractivity contribution in [3.63, 3.8) is 0 Å². The number of anilines is 1. The lowest BCUT2D eigenvalue weighted by Gasteiger charge is -2.43. The van der Waals surface area contributed by atoms with Crippen LogP contribution in [0.15, 0.2) is 54.9 Å². The van der Waals surface area contributed by atoms with Gasteiger partial charge in [-0.25, -0.2) is 4.39 Å². The number of morpholine rings is 1. The van der Waals surface area contributed by atoms with E-state index in [1.807, 2.05) is 13.0 Å². The normalized spacial score (nSPS) is 20.8. The molecule has 5 rings (SSSR count). The number of hydrogen-bond donors (Lipinski definition) is 1. The van der Waals surface area contributed by atoms with Gasteiger partial charge in [-0.05, 0) is 54.3 Å². The maximum absolute atomic E-state index is 14.3. The van der Waals surface area contributed by atoms with Gasteiger partial charge in [-0.3, -0.25) is 4.98 Å². The number of aromatic nitrogens is 1. The average Bonchev–Trinajstić information content (AvgIpc) is 2.82. The summed E-state index contributed by atoms with van der Waals surface area (Å²) in [4.78, 5) is 6.58. The Kier molecular flexibility index (Phi) is 6.04. The van der Waals surface area contributed by atoms with Crippen molar-refractivity contribution < 1.29 is 22.3 Å². The third-order valence-electron chi connectivity index (χ3n) is 6.51. The number of fused-ring (bicyclic) bond motifs is 1. The highest BCUT2D eigenvalue weighted by Crippen LogP contribution is 2.41. The maximum atomic E-state index is 14.3. The molecule has 1 N–H and O–H groups in total. The molecule has 0 spiro atoms. The Balaban J connectivity index is 1.63. The third kappa shape index (κ3) is 4.52. The van der Waals surface area contributed by atoms with Gasteiger partial charge >= 0.3 is 6.18 Å². The first-order valence-electron chi connectivity index (χ1n) is 11.3. The zero-order valence-electron chi connectivity index (χ0n) is 18.7. The van der Waals surface area contributed by atoms with E-state index in [1.165, 1.54) is 24.3 Å². The molecule has 0 aliphatic carbocycles. The molecule has 0 bridgehead atoms. The molecule has 178 valence electrons. The van der Waals surface area contributed by atoms with Crippen LogP contribution in [0.25, 0.3) is 22.3 Å². The lowest BCUT2D eigenvalue weighted by molar-refractivity contribution is -0.137. The number of nitrogens with one attached hydrogen (secondary N) is 1. The largest absolute Gasteiger partial charge is 0.416 e. The van der Waals surface area contributed by atoms with E-state index in [9.17, 15) is 17.6 Å². The van der Waals surface area contributed by atoms with Gasteiger partial charge in [0.2, 0.25) is 0 Å². The summed E-state index contributed by atoms with van der Waals surface area (Å²) in [6, 6.07) is 10.2. The summed E-state index contributed by atoms with van der Waals surface area (Å²) in [5.74, 6) is -0.348. The second kappa shape index (κ2) is 9.00. The van der Waals surface area contributed by atoms with Crippen LogP contribution < -0.4 is 10.2 Å². The van der Waals surface area contributed by atoms with Crippen LogP contribution in [0.2, 0.25) is 0 Å². The van der Waals surface area contributed by atoms with Crippen LogP contribution in [0, 0.1) is 12.7 Å². The van der Waals surface area contributed by atoms with Gasteiger partial charge in [0.15, 0.2) is 0 Å². The molecule has 2 aliphatic heterocycles. The fourth-order valence-corrected chi connectivity index (χ4v) is 4.92. The van der Waals surface area contributed by atoms with Crippen molar-refractivity contribution >= 4 is 5.69 Å². The first-order chi connectivity index (χ1) is 16.3. The zero-order chi connectivity index (χ0) is 23.9. The van der Waals surface area contributed by atoms with Gasteiger partial charge < -0.3 is 15.0 Å². The summed E-state index contributed by atoms with van der Waals surface area (Å²) in [6.45, 7) is 4.63. The summed E-state index contributed by atoms with van der Waals surface area (Å²) < 4.78 is 59.7. The van der Waals surface area contributed by atoms with E-state index in [0.29, 0.717) is 29.8 Å². The Hall–Kier alpha value is -2.97. The van der Waals surface area contributed by atoms with Crippen LogP contribution in [0.5, 0.6) is 0 Å². The Morgan fingerprint density at radius 1 is 1.03 bits per heavy atom. The Labute approximate surface area is 195 Å². The van der Waals surface area contributed by atoms with Gasteiger partial charge in [-0.1, -0.05) is 18.2 Å². The second-order valence-electron chi connectivity index (χ2n) is 8.88. The van der Waals surface area contributed by atoms with Crippen LogP contribution in [0.4, 0.5) is 23.2 Å². The number of aryl methyl sites for hydroxylation is 1. The SMILES string of the molecule is Cc1cc(F)cc(-c2cncc(-c3ccc(C(F)(F)F)cc3)c2N2CC[C@H]3NCCO[C@@H]3C2)c1. The third-order valence-corrected chi connectivity index (χ3v) is 6.51. The number of piperidine rings is 1. The van der Waals surface area contributed by atoms with Gasteiger partial charge in [0.1, 0.15) is 5.82 Å². The topological polar surface area (TPSA) is 37.4 Å². The summed E-state index contributed by atoms with van der Waals surface area (Å²) in [7, 11) is 0. The second-order valence-corrected chi connectivity index (χ2v) is 8.88. The Morgan fingerprint density at radius 3 is 2.47 bits per heavy atom. The molecule has 2 aliphatic rings. The standard InChI is InChI=1S/C26H25F4N3O/c1-16-10-18(12-20(27)11-16)22-14-31-13-21(17-2-4-19(5-3-17)26(28,29)30)25(22)33-8-6-23-24(15-33)34-9-7-32-23/h2-5,10-14,23-24,32H,6-9,15H2,1H3/t23-,24-/m1/s1. The fraction of sp³-hybridized carbons (Fsp3) is 0.346. The van der Waals surface area contributed by atoms with Crippen molar-refractivity contribution in [3.8, 4) is 22.3 Å². The molecule has 2 fully saturated rings. The van der Waals surface area contributed by atoms with Crippen molar-refractivity contribution in [2.75, 3.05) is 31.1 Å². The molecule has 3 aromatic rings. The van der Waals surface area contributed by atoms with Crippen molar-refractivity contribution in [2.24, 2.45) is 0 Å². The molecule has 1 aromatic heterocycles. The smallest absolute Gasteiger partial charge is 0.373 e. The number of nitrogens with zero attached hydrogens (tertiary/aromatic N) is 2. The van der Waals surface area contributed by atoms with Gasteiger partial charge in [-0.15, -0.1) is 0 Å². The lowest BCUT2D eigenvalue weighted by atomic mass is 9.93. The van der Waals surface area contributed by atoms with Crippen molar-refractivity contribution in [1.82, 2.24) is 10.3 Å². The molecular weight excluding hydrogens is 446 g/mol. The van der Waals surface area contributed by atoms with E-state index in [4.69, 9.17) is 4.74 Å². The molecule has 2 atom stereocenters. The number of hydrogen-bond acceptors (Lipinski definition) is 4. The van der Waals surface area contributed by atoms with Crippen molar-refractivity contribution in [3.05, 3.63) is 71.8 Å². The summed E-state index contributed by atoms with van der Waals surface area (Å²) in [6.07, 6.45) is -0.185. The number of pyridine rings is 1. The van der Waals surface area contributed by atoms with Gasteiger partial charge in [0.25, 0.3) is 0 Å². The number of rotatable bonds is 3. The van der Waals surface area contributed by atoms with Gasteiger partial charge in [0, 0.05) is 49.2 Å². The van der Waals surface area contributed by atoms with Crippen LogP contribution in [-0.4, -0.2) is 43.4 Å². The quantitative estimate of drug-likeness (QED) is 0.516. The summed E-state index contributed by atoms with van der Waals surface area (Å²) >= 11 is 0. The number of ether oxygens (including phenoxy) is 1. The van der Waals surface area contributed by atoms with E-state index in [-0.39, 0.29) is 18.0 Å². The highest BCUT2D eigenvalue weighted by molar-refractivity contribution is 5.90. The molecule has 4 nitrogen and oxygen atoms in total. The highest BCUT2D eigenvalue weighted by Gasteiger charge is 2.34. The molecule has 34 heavy (non-hydrogen) atoms. The molecule has 0 amide bonds. The minimum atomic E-state index is -4.41. The lowest BCUT2D eigenvalue weighted by Crippen LogP contribution is -2.57. The fourth-order valence-electron chi connectivity index (χ4n) is 4.92.